The van der Waals surface area contributed by atoms with Gasteiger partial charge < -0.3 is 14.8 Å². The number of nitrogens with one attached hydrogen (secondary N) is 1. The van der Waals surface area contributed by atoms with Crippen LogP contribution in [-0.2, 0) is 0 Å². The fraction of sp³-hybridized carbons (Fsp3) is 0.0909. The zero-order chi connectivity index (χ0) is 20.1. The topological polar surface area (TPSA) is 64.6 Å². The molecule has 0 atom stereocenters. The summed E-state index contributed by atoms with van der Waals surface area (Å²) in [6.45, 7) is 0. The molecule has 0 aliphatic rings. The number of amides is 1. The van der Waals surface area contributed by atoms with Crippen LogP contribution in [0.25, 0.3) is 0 Å². The van der Waals surface area contributed by atoms with Gasteiger partial charge in [-0.15, -0.1) is 0 Å². The standard InChI is InChI=1S/C22H18ClNO4/c1-27-18-9-6-10-19(28-2)20(18)22(26)24-17-12-11-15(23)13-16(17)21(25)14-7-4-3-5-8-14/h3-13H,1-2H3,(H,24,26). The number of hydrogen-bond acceptors (Lipinski definition) is 4. The number of methoxy groups -OCH3 is 2. The van der Waals surface area contributed by atoms with E-state index in [0.29, 0.717) is 33.3 Å². The van der Waals surface area contributed by atoms with Gasteiger partial charge in [0.15, 0.2) is 5.78 Å². The predicted octanol–water partition coefficient (Wildman–Crippen LogP) is 4.84. The Hall–Kier alpha value is -3.31. The van der Waals surface area contributed by atoms with E-state index < -0.39 is 5.91 Å². The largest absolute Gasteiger partial charge is 0.496 e. The maximum Gasteiger partial charge on any atom is 0.263 e. The second-order valence-corrected chi connectivity index (χ2v) is 6.31. The second kappa shape index (κ2) is 8.59. The Morgan fingerprint density at radius 1 is 0.857 bits per heavy atom. The van der Waals surface area contributed by atoms with Gasteiger partial charge in [-0.1, -0.05) is 48.0 Å². The molecular weight excluding hydrogens is 378 g/mol. The molecule has 1 N–H and O–H groups in total. The molecule has 0 saturated carbocycles. The summed E-state index contributed by atoms with van der Waals surface area (Å²) in [5, 5.41) is 3.17. The molecule has 0 aliphatic heterocycles. The van der Waals surface area contributed by atoms with Gasteiger partial charge >= 0.3 is 0 Å². The predicted molar refractivity (Wildman–Crippen MR) is 109 cm³/mol. The van der Waals surface area contributed by atoms with Crippen molar-refractivity contribution in [2.45, 2.75) is 0 Å². The van der Waals surface area contributed by atoms with Gasteiger partial charge in [0, 0.05) is 16.1 Å². The smallest absolute Gasteiger partial charge is 0.263 e. The highest BCUT2D eigenvalue weighted by atomic mass is 35.5. The zero-order valence-electron chi connectivity index (χ0n) is 15.4. The first-order valence-electron chi connectivity index (χ1n) is 8.46. The maximum absolute atomic E-state index is 13.0. The van der Waals surface area contributed by atoms with Crippen LogP contribution in [0.1, 0.15) is 26.3 Å². The Bertz CT molecular complexity index is 996. The first-order valence-corrected chi connectivity index (χ1v) is 8.84. The lowest BCUT2D eigenvalue weighted by molar-refractivity contribution is 0.102. The molecule has 6 heteroatoms. The number of benzene rings is 3. The molecule has 0 aliphatic carbocycles. The number of ether oxygens (including phenoxy) is 2. The van der Waals surface area contributed by atoms with Crippen LogP contribution in [0, 0.1) is 0 Å². The molecule has 3 rings (SSSR count). The van der Waals surface area contributed by atoms with Gasteiger partial charge in [-0.25, -0.2) is 0 Å². The van der Waals surface area contributed by atoms with Gasteiger partial charge in [-0.05, 0) is 30.3 Å². The molecule has 0 radical (unpaired) electrons. The fourth-order valence-electron chi connectivity index (χ4n) is 2.82. The molecule has 142 valence electrons. The number of anilines is 1. The molecule has 0 aromatic heterocycles. The van der Waals surface area contributed by atoms with Gasteiger partial charge in [0.1, 0.15) is 17.1 Å². The number of carbonyl (C=O) groups excluding carboxylic acids is 2. The molecule has 0 unspecified atom stereocenters. The third-order valence-corrected chi connectivity index (χ3v) is 4.40. The average Bonchev–Trinajstić information content (AvgIpc) is 2.74. The van der Waals surface area contributed by atoms with Crippen molar-refractivity contribution in [1.82, 2.24) is 0 Å². The Kier molecular flexibility index (Phi) is 5.96. The summed E-state index contributed by atoms with van der Waals surface area (Å²) in [7, 11) is 2.94. The monoisotopic (exact) mass is 395 g/mol. The first-order chi connectivity index (χ1) is 13.5. The minimum Gasteiger partial charge on any atom is -0.496 e. The highest BCUT2D eigenvalue weighted by Crippen LogP contribution is 2.30. The van der Waals surface area contributed by atoms with Crippen molar-refractivity contribution in [2.24, 2.45) is 0 Å². The highest BCUT2D eigenvalue weighted by Gasteiger charge is 2.21. The summed E-state index contributed by atoms with van der Waals surface area (Å²) >= 11 is 6.09. The Labute approximate surface area is 167 Å². The van der Waals surface area contributed by atoms with Gasteiger partial charge in [0.05, 0.1) is 19.9 Å². The van der Waals surface area contributed by atoms with Gasteiger partial charge in [0.25, 0.3) is 5.91 Å². The van der Waals surface area contributed by atoms with Crippen LogP contribution in [0.4, 0.5) is 5.69 Å². The normalized spacial score (nSPS) is 10.2. The summed E-state index contributed by atoms with van der Waals surface area (Å²) in [5.41, 5.74) is 1.37. The minimum atomic E-state index is -0.460. The molecule has 3 aromatic rings. The third kappa shape index (κ3) is 4.00. The van der Waals surface area contributed by atoms with Crippen molar-refractivity contribution in [3.63, 3.8) is 0 Å². The average molecular weight is 396 g/mol. The van der Waals surface area contributed by atoms with Crippen LogP contribution in [-0.4, -0.2) is 25.9 Å². The van der Waals surface area contributed by atoms with E-state index in [2.05, 4.69) is 5.32 Å². The van der Waals surface area contributed by atoms with Crippen molar-refractivity contribution in [2.75, 3.05) is 19.5 Å². The number of halogens is 1. The van der Waals surface area contributed by atoms with Crippen molar-refractivity contribution in [1.29, 1.82) is 0 Å². The summed E-state index contributed by atoms with van der Waals surface area (Å²) < 4.78 is 10.6. The molecule has 0 heterocycles. The number of hydrogen-bond donors (Lipinski definition) is 1. The third-order valence-electron chi connectivity index (χ3n) is 4.17. The van der Waals surface area contributed by atoms with Crippen molar-refractivity contribution >= 4 is 29.0 Å². The van der Waals surface area contributed by atoms with Gasteiger partial charge in [-0.2, -0.15) is 0 Å². The van der Waals surface area contributed by atoms with E-state index in [-0.39, 0.29) is 11.3 Å². The Morgan fingerprint density at radius 3 is 2.11 bits per heavy atom. The van der Waals surface area contributed by atoms with E-state index in [0.717, 1.165) is 0 Å². The molecule has 3 aromatic carbocycles. The number of rotatable bonds is 6. The molecule has 0 saturated heterocycles. The van der Waals surface area contributed by atoms with Gasteiger partial charge in [-0.3, -0.25) is 9.59 Å². The summed E-state index contributed by atoms with van der Waals surface area (Å²) in [5.74, 6) is 0.0209. The van der Waals surface area contributed by atoms with E-state index in [4.69, 9.17) is 21.1 Å². The lowest BCUT2D eigenvalue weighted by Gasteiger charge is -2.15. The van der Waals surface area contributed by atoms with Crippen LogP contribution in [0.5, 0.6) is 11.5 Å². The van der Waals surface area contributed by atoms with E-state index in [1.807, 2.05) is 6.07 Å². The van der Waals surface area contributed by atoms with Gasteiger partial charge in [0.2, 0.25) is 0 Å². The fourth-order valence-corrected chi connectivity index (χ4v) is 2.99. The Balaban J connectivity index is 2.00. The second-order valence-electron chi connectivity index (χ2n) is 5.88. The molecule has 28 heavy (non-hydrogen) atoms. The lowest BCUT2D eigenvalue weighted by Crippen LogP contribution is -2.17. The highest BCUT2D eigenvalue weighted by molar-refractivity contribution is 6.31. The van der Waals surface area contributed by atoms with Crippen LogP contribution in [0.2, 0.25) is 5.02 Å². The van der Waals surface area contributed by atoms with Crippen LogP contribution >= 0.6 is 11.6 Å². The van der Waals surface area contributed by atoms with E-state index >= 15 is 0 Å². The summed E-state index contributed by atoms with van der Waals surface area (Å²) in [6, 6.07) is 18.6. The van der Waals surface area contributed by atoms with E-state index in [9.17, 15) is 9.59 Å². The number of ketones is 1. The molecule has 0 spiro atoms. The molecule has 0 fully saturated rings. The minimum absolute atomic E-state index is 0.237. The van der Waals surface area contributed by atoms with Crippen molar-refractivity contribution in [3.8, 4) is 11.5 Å². The van der Waals surface area contributed by atoms with Crippen molar-refractivity contribution in [3.05, 3.63) is 88.4 Å². The molecule has 1 amide bonds. The first kappa shape index (κ1) is 19.5. The van der Waals surface area contributed by atoms with Crippen LogP contribution in [0.15, 0.2) is 66.7 Å². The molecule has 5 nitrogen and oxygen atoms in total. The van der Waals surface area contributed by atoms with Crippen molar-refractivity contribution < 1.29 is 19.1 Å². The lowest BCUT2D eigenvalue weighted by atomic mass is 10.0. The van der Waals surface area contributed by atoms with Crippen LogP contribution < -0.4 is 14.8 Å². The quantitative estimate of drug-likeness (QED) is 0.606. The SMILES string of the molecule is COc1cccc(OC)c1C(=O)Nc1ccc(Cl)cc1C(=O)c1ccccc1. The van der Waals surface area contributed by atoms with E-state index in [1.165, 1.54) is 20.3 Å². The summed E-state index contributed by atoms with van der Waals surface area (Å²) in [6.07, 6.45) is 0. The molecular formula is C22H18ClNO4. The number of carbonyl (C=O) groups is 2. The summed E-state index contributed by atoms with van der Waals surface area (Å²) in [4.78, 5) is 25.9. The maximum atomic E-state index is 13.0. The van der Waals surface area contributed by atoms with Crippen LogP contribution in [0.3, 0.4) is 0 Å². The van der Waals surface area contributed by atoms with E-state index in [1.54, 1.807) is 54.6 Å². The molecule has 0 bridgehead atoms. The zero-order valence-corrected chi connectivity index (χ0v) is 16.1. The Morgan fingerprint density at radius 2 is 1.50 bits per heavy atom.